The molecular formula is C23H32N3O3+. The van der Waals surface area contributed by atoms with Gasteiger partial charge in [-0.25, -0.2) is 0 Å². The molecule has 156 valence electrons. The van der Waals surface area contributed by atoms with Gasteiger partial charge in [-0.05, 0) is 61.7 Å². The molecule has 29 heavy (non-hydrogen) atoms. The number of carbonyl (C=O) groups excluding carboxylic acids is 1. The van der Waals surface area contributed by atoms with Crippen molar-refractivity contribution in [1.82, 2.24) is 0 Å². The number of ether oxygens (including phenoxy) is 2. The number of amides is 1. The number of anilines is 2. The number of benzene rings is 2. The van der Waals surface area contributed by atoms with Gasteiger partial charge in [-0.3, -0.25) is 4.79 Å². The summed E-state index contributed by atoms with van der Waals surface area (Å²) in [6, 6.07) is 14.0. The molecule has 6 nitrogen and oxygen atoms in total. The Hall–Kier alpha value is -2.73. The van der Waals surface area contributed by atoms with E-state index in [1.807, 2.05) is 37.4 Å². The van der Waals surface area contributed by atoms with Crippen molar-refractivity contribution in [3.05, 3.63) is 48.0 Å². The highest BCUT2D eigenvalue weighted by atomic mass is 16.5. The molecule has 2 aromatic carbocycles. The van der Waals surface area contributed by atoms with Crippen LogP contribution >= 0.6 is 0 Å². The number of nitrogens with zero attached hydrogens (tertiary/aromatic N) is 1. The minimum absolute atomic E-state index is 0.00805. The molecule has 1 saturated heterocycles. The van der Waals surface area contributed by atoms with Crippen molar-refractivity contribution in [1.29, 1.82) is 0 Å². The molecule has 1 aliphatic heterocycles. The van der Waals surface area contributed by atoms with Gasteiger partial charge in [0.2, 0.25) is 0 Å². The number of piperidine rings is 1. The van der Waals surface area contributed by atoms with E-state index in [2.05, 4.69) is 22.3 Å². The van der Waals surface area contributed by atoms with E-state index in [1.54, 1.807) is 14.2 Å². The van der Waals surface area contributed by atoms with E-state index in [4.69, 9.17) is 9.47 Å². The van der Waals surface area contributed by atoms with E-state index in [9.17, 15) is 4.79 Å². The van der Waals surface area contributed by atoms with E-state index in [1.165, 1.54) is 24.9 Å². The number of hydrogen-bond acceptors (Lipinski definition) is 4. The lowest BCUT2D eigenvalue weighted by atomic mass is 10.1. The van der Waals surface area contributed by atoms with E-state index >= 15 is 0 Å². The molecule has 1 atom stereocenters. The second kappa shape index (κ2) is 10.2. The number of methoxy groups -OCH3 is 2. The third-order valence-electron chi connectivity index (χ3n) is 5.29. The summed E-state index contributed by atoms with van der Waals surface area (Å²) in [6.07, 6.45) is 3.84. The van der Waals surface area contributed by atoms with E-state index < -0.39 is 0 Å². The van der Waals surface area contributed by atoms with Crippen LogP contribution in [0.2, 0.25) is 0 Å². The van der Waals surface area contributed by atoms with Crippen molar-refractivity contribution in [3.63, 3.8) is 0 Å². The standard InChI is InChI=1S/C23H31N3O3/c1-25(16-18-7-12-21(28-2)22(15-18)29-3)17-23(27)24-19-8-10-20(11-9-19)26-13-5-4-6-14-26/h7-12,15H,4-6,13-14,16-17H2,1-3H3,(H,24,27)/p+1. The zero-order valence-electron chi connectivity index (χ0n) is 17.7. The number of likely N-dealkylation sites (N-methyl/N-ethyl adjacent to an activating group) is 1. The Kier molecular flexibility index (Phi) is 7.36. The summed E-state index contributed by atoms with van der Waals surface area (Å²) in [5, 5.41) is 3.01. The zero-order valence-corrected chi connectivity index (χ0v) is 17.7. The van der Waals surface area contributed by atoms with Crippen LogP contribution in [0.1, 0.15) is 24.8 Å². The molecule has 0 radical (unpaired) electrons. The topological polar surface area (TPSA) is 55.2 Å². The summed E-state index contributed by atoms with van der Waals surface area (Å²) in [7, 11) is 5.26. The lowest BCUT2D eigenvalue weighted by Crippen LogP contribution is -3.08. The fourth-order valence-electron chi connectivity index (χ4n) is 3.79. The molecular weight excluding hydrogens is 366 g/mol. The van der Waals surface area contributed by atoms with Crippen molar-refractivity contribution < 1.29 is 19.2 Å². The molecule has 1 heterocycles. The number of nitrogens with one attached hydrogen (secondary N) is 2. The Bertz CT molecular complexity index is 802. The van der Waals surface area contributed by atoms with Crippen LogP contribution in [0.4, 0.5) is 11.4 Å². The lowest BCUT2D eigenvalue weighted by molar-refractivity contribution is -0.885. The summed E-state index contributed by atoms with van der Waals surface area (Å²) in [6.45, 7) is 3.36. The molecule has 3 rings (SSSR count). The molecule has 0 aliphatic carbocycles. The van der Waals surface area contributed by atoms with Crippen molar-refractivity contribution >= 4 is 17.3 Å². The highest BCUT2D eigenvalue weighted by molar-refractivity contribution is 5.91. The van der Waals surface area contributed by atoms with Crippen LogP contribution in [0.5, 0.6) is 11.5 Å². The smallest absolute Gasteiger partial charge is 0.279 e. The second-order valence-corrected chi connectivity index (χ2v) is 7.64. The Labute approximate surface area is 173 Å². The third kappa shape index (κ3) is 5.87. The maximum Gasteiger partial charge on any atom is 0.279 e. The fourth-order valence-corrected chi connectivity index (χ4v) is 3.79. The minimum Gasteiger partial charge on any atom is -0.493 e. The molecule has 0 aromatic heterocycles. The Morgan fingerprint density at radius 2 is 1.69 bits per heavy atom. The predicted octanol–water partition coefficient (Wildman–Crippen LogP) is 2.35. The molecule has 0 bridgehead atoms. The molecule has 1 aliphatic rings. The number of hydrogen-bond donors (Lipinski definition) is 2. The summed E-state index contributed by atoms with van der Waals surface area (Å²) in [5.41, 5.74) is 3.17. The Balaban J connectivity index is 1.51. The van der Waals surface area contributed by atoms with Gasteiger partial charge in [0.1, 0.15) is 6.54 Å². The molecule has 1 unspecified atom stereocenters. The third-order valence-corrected chi connectivity index (χ3v) is 5.29. The fraction of sp³-hybridized carbons (Fsp3) is 0.435. The van der Waals surface area contributed by atoms with Crippen molar-refractivity contribution in [2.75, 3.05) is 51.1 Å². The first-order valence-corrected chi connectivity index (χ1v) is 10.3. The number of rotatable bonds is 8. The first-order valence-electron chi connectivity index (χ1n) is 10.3. The molecule has 2 aromatic rings. The van der Waals surface area contributed by atoms with Gasteiger partial charge < -0.3 is 24.6 Å². The largest absolute Gasteiger partial charge is 0.493 e. The van der Waals surface area contributed by atoms with E-state index in [-0.39, 0.29) is 5.91 Å². The highest BCUT2D eigenvalue weighted by Gasteiger charge is 2.14. The summed E-state index contributed by atoms with van der Waals surface area (Å²) in [4.78, 5) is 15.9. The second-order valence-electron chi connectivity index (χ2n) is 7.64. The molecule has 0 spiro atoms. The lowest BCUT2D eigenvalue weighted by Gasteiger charge is -2.28. The van der Waals surface area contributed by atoms with Crippen molar-refractivity contribution in [2.45, 2.75) is 25.8 Å². The minimum atomic E-state index is 0.00805. The van der Waals surface area contributed by atoms with Crippen LogP contribution in [0.3, 0.4) is 0 Å². The van der Waals surface area contributed by atoms with Crippen LogP contribution in [-0.4, -0.2) is 46.8 Å². The van der Waals surface area contributed by atoms with Crippen LogP contribution in [-0.2, 0) is 11.3 Å². The molecule has 2 N–H and O–H groups in total. The van der Waals surface area contributed by atoms with Gasteiger partial charge in [0.25, 0.3) is 5.91 Å². The Morgan fingerprint density at radius 1 is 1.00 bits per heavy atom. The SMILES string of the molecule is COc1ccc(C[NH+](C)CC(=O)Nc2ccc(N3CCCCC3)cc2)cc1OC. The van der Waals surface area contributed by atoms with Crippen molar-refractivity contribution in [3.8, 4) is 11.5 Å². The monoisotopic (exact) mass is 398 g/mol. The maximum atomic E-state index is 12.4. The molecule has 1 fully saturated rings. The number of carbonyl (C=O) groups is 1. The average molecular weight is 399 g/mol. The van der Waals surface area contributed by atoms with Crippen LogP contribution in [0.15, 0.2) is 42.5 Å². The quantitative estimate of drug-likeness (QED) is 0.717. The molecule has 6 heteroatoms. The summed E-state index contributed by atoms with van der Waals surface area (Å²) >= 11 is 0. The zero-order chi connectivity index (χ0) is 20.6. The highest BCUT2D eigenvalue weighted by Crippen LogP contribution is 2.27. The van der Waals surface area contributed by atoms with Gasteiger partial charge in [-0.1, -0.05) is 0 Å². The van der Waals surface area contributed by atoms with E-state index in [0.29, 0.717) is 18.0 Å². The Morgan fingerprint density at radius 3 is 2.34 bits per heavy atom. The summed E-state index contributed by atoms with van der Waals surface area (Å²) in [5.74, 6) is 1.42. The molecule has 1 amide bonds. The predicted molar refractivity (Wildman–Crippen MR) is 116 cm³/mol. The average Bonchev–Trinajstić information content (AvgIpc) is 2.74. The van der Waals surface area contributed by atoms with Crippen molar-refractivity contribution in [2.24, 2.45) is 0 Å². The van der Waals surface area contributed by atoms with Gasteiger partial charge in [-0.2, -0.15) is 0 Å². The maximum absolute atomic E-state index is 12.4. The van der Waals surface area contributed by atoms with E-state index in [0.717, 1.165) is 35.8 Å². The van der Waals surface area contributed by atoms with Gasteiger partial charge in [-0.15, -0.1) is 0 Å². The van der Waals surface area contributed by atoms with Crippen LogP contribution < -0.4 is 24.6 Å². The first kappa shape index (κ1) is 21.0. The van der Waals surface area contributed by atoms with Gasteiger partial charge in [0, 0.05) is 30.0 Å². The van der Waals surface area contributed by atoms with Crippen LogP contribution in [0, 0.1) is 0 Å². The normalized spacial score (nSPS) is 14.9. The number of quaternary nitrogens is 1. The first-order chi connectivity index (χ1) is 14.1. The summed E-state index contributed by atoms with van der Waals surface area (Å²) < 4.78 is 10.6. The molecule has 0 saturated carbocycles. The van der Waals surface area contributed by atoms with Gasteiger partial charge in [0.15, 0.2) is 18.0 Å². The van der Waals surface area contributed by atoms with Gasteiger partial charge in [0.05, 0.1) is 21.3 Å². The van der Waals surface area contributed by atoms with Crippen LogP contribution in [0.25, 0.3) is 0 Å². The van der Waals surface area contributed by atoms with Gasteiger partial charge >= 0.3 is 0 Å².